The molecule has 20 heavy (non-hydrogen) atoms. The summed E-state index contributed by atoms with van der Waals surface area (Å²) in [6, 6.07) is 12.3. The van der Waals surface area contributed by atoms with Gasteiger partial charge in [-0.05, 0) is 23.4 Å². The van der Waals surface area contributed by atoms with E-state index in [4.69, 9.17) is 5.73 Å². The van der Waals surface area contributed by atoms with Crippen LogP contribution < -0.4 is 5.73 Å². The lowest BCUT2D eigenvalue weighted by Gasteiger charge is -2.08. The Morgan fingerprint density at radius 3 is 2.70 bits per heavy atom. The van der Waals surface area contributed by atoms with Crippen molar-refractivity contribution in [2.75, 3.05) is 0 Å². The number of nitrogens with two attached hydrogens (primary N) is 1. The molecule has 0 spiro atoms. The van der Waals surface area contributed by atoms with Crippen LogP contribution in [0.5, 0.6) is 0 Å². The molecule has 0 unspecified atom stereocenters. The van der Waals surface area contributed by atoms with Gasteiger partial charge in [0.15, 0.2) is 5.82 Å². The normalized spacial score (nSPS) is 11.4. The maximum absolute atomic E-state index is 5.75. The molecule has 4 nitrogen and oxygen atoms in total. The minimum atomic E-state index is 0.403. The van der Waals surface area contributed by atoms with Crippen molar-refractivity contribution in [1.82, 2.24) is 14.8 Å². The molecule has 0 atom stereocenters. The zero-order valence-corrected chi connectivity index (χ0v) is 11.7. The van der Waals surface area contributed by atoms with Gasteiger partial charge in [0.1, 0.15) is 0 Å². The fraction of sp³-hybridized carbons (Fsp3) is 0.250. The van der Waals surface area contributed by atoms with E-state index in [1.165, 1.54) is 0 Å². The Kier molecular flexibility index (Phi) is 3.24. The molecule has 0 aliphatic rings. The van der Waals surface area contributed by atoms with Gasteiger partial charge in [0.05, 0.1) is 11.4 Å². The third kappa shape index (κ3) is 2.18. The lowest BCUT2D eigenvalue weighted by Crippen LogP contribution is -2.06. The van der Waals surface area contributed by atoms with Crippen molar-refractivity contribution < 1.29 is 0 Å². The van der Waals surface area contributed by atoms with E-state index in [0.29, 0.717) is 12.5 Å². The predicted molar refractivity (Wildman–Crippen MR) is 80.8 cm³/mol. The fourth-order valence-electron chi connectivity index (χ4n) is 2.28. The molecule has 0 saturated carbocycles. The van der Waals surface area contributed by atoms with Gasteiger partial charge in [-0.1, -0.05) is 38.1 Å². The molecule has 0 saturated heterocycles. The summed E-state index contributed by atoms with van der Waals surface area (Å²) < 4.78 is 1.84. The molecule has 2 heterocycles. The molecule has 102 valence electrons. The Morgan fingerprint density at radius 2 is 2.00 bits per heavy atom. The molecule has 0 amide bonds. The molecular weight excluding hydrogens is 248 g/mol. The molecule has 0 fully saturated rings. The molecule has 3 rings (SSSR count). The second-order valence-electron chi connectivity index (χ2n) is 5.20. The van der Waals surface area contributed by atoms with Crippen LogP contribution in [-0.2, 0) is 6.54 Å². The summed E-state index contributed by atoms with van der Waals surface area (Å²) in [4.78, 5) is 4.64. The average molecular weight is 266 g/mol. The number of pyridine rings is 1. The smallest absolute Gasteiger partial charge is 0.161 e. The summed E-state index contributed by atoms with van der Waals surface area (Å²) >= 11 is 0. The van der Waals surface area contributed by atoms with Gasteiger partial charge >= 0.3 is 0 Å². The first kappa shape index (κ1) is 12.8. The van der Waals surface area contributed by atoms with Gasteiger partial charge in [-0.25, -0.2) is 9.67 Å². The molecule has 2 N–H and O–H groups in total. The number of hydrogen-bond acceptors (Lipinski definition) is 3. The zero-order chi connectivity index (χ0) is 14.1. The fourth-order valence-corrected chi connectivity index (χ4v) is 2.28. The van der Waals surface area contributed by atoms with Crippen LogP contribution in [0.1, 0.15) is 31.2 Å². The van der Waals surface area contributed by atoms with Gasteiger partial charge in [0.25, 0.3) is 0 Å². The molecule has 0 aliphatic carbocycles. The highest BCUT2D eigenvalue weighted by Gasteiger charge is 2.10. The maximum atomic E-state index is 5.75. The summed E-state index contributed by atoms with van der Waals surface area (Å²) in [5, 5.41) is 6.84. The number of nitrogens with zero attached hydrogens (tertiary/aromatic N) is 3. The minimum absolute atomic E-state index is 0.403. The Bertz CT molecular complexity index is 743. The van der Waals surface area contributed by atoms with Crippen LogP contribution in [-0.4, -0.2) is 14.8 Å². The number of aromatic nitrogens is 3. The molecule has 0 aliphatic heterocycles. The van der Waals surface area contributed by atoms with Crippen molar-refractivity contribution in [1.29, 1.82) is 0 Å². The number of rotatable bonds is 3. The van der Waals surface area contributed by atoms with Crippen LogP contribution in [0.2, 0.25) is 0 Å². The predicted octanol–water partition coefficient (Wildman–Crippen LogP) is 3.00. The van der Waals surface area contributed by atoms with E-state index in [1.807, 2.05) is 35.1 Å². The van der Waals surface area contributed by atoms with E-state index in [-0.39, 0.29) is 0 Å². The van der Waals surface area contributed by atoms with Crippen molar-refractivity contribution >= 4 is 10.8 Å². The number of fused-ring (bicyclic) bond motifs is 1. The van der Waals surface area contributed by atoms with Crippen molar-refractivity contribution in [3.63, 3.8) is 0 Å². The van der Waals surface area contributed by atoms with Crippen LogP contribution in [0.25, 0.3) is 16.6 Å². The van der Waals surface area contributed by atoms with Crippen molar-refractivity contribution in [2.45, 2.75) is 26.3 Å². The minimum Gasteiger partial charge on any atom is -0.325 e. The first-order valence-electron chi connectivity index (χ1n) is 6.83. The monoisotopic (exact) mass is 266 g/mol. The van der Waals surface area contributed by atoms with Crippen LogP contribution in [0, 0.1) is 0 Å². The third-order valence-electron chi connectivity index (χ3n) is 3.40. The Balaban J connectivity index is 2.22. The first-order chi connectivity index (χ1) is 9.69. The van der Waals surface area contributed by atoms with E-state index < -0.39 is 0 Å². The van der Waals surface area contributed by atoms with Gasteiger partial charge < -0.3 is 5.73 Å². The molecule has 0 radical (unpaired) electrons. The number of benzene rings is 1. The van der Waals surface area contributed by atoms with E-state index in [2.05, 4.69) is 36.1 Å². The summed E-state index contributed by atoms with van der Waals surface area (Å²) in [7, 11) is 0. The lowest BCUT2D eigenvalue weighted by atomic mass is 10.1. The van der Waals surface area contributed by atoms with Gasteiger partial charge in [-0.3, -0.25) is 0 Å². The lowest BCUT2D eigenvalue weighted by molar-refractivity contribution is 0.757. The maximum Gasteiger partial charge on any atom is 0.161 e. The summed E-state index contributed by atoms with van der Waals surface area (Å²) in [6.45, 7) is 4.69. The van der Waals surface area contributed by atoms with Crippen LogP contribution >= 0.6 is 0 Å². The molecular formula is C16H18N4. The first-order valence-corrected chi connectivity index (χ1v) is 6.83. The van der Waals surface area contributed by atoms with Crippen molar-refractivity contribution in [2.24, 2.45) is 5.73 Å². The second kappa shape index (κ2) is 5.06. The quantitative estimate of drug-likeness (QED) is 0.792. The van der Waals surface area contributed by atoms with E-state index in [9.17, 15) is 0 Å². The van der Waals surface area contributed by atoms with E-state index in [1.54, 1.807) is 0 Å². The molecule has 2 aromatic heterocycles. The summed E-state index contributed by atoms with van der Waals surface area (Å²) in [5.41, 5.74) is 7.69. The Labute approximate surface area is 118 Å². The molecule has 3 aromatic rings. The highest BCUT2D eigenvalue weighted by atomic mass is 15.3. The third-order valence-corrected chi connectivity index (χ3v) is 3.40. The van der Waals surface area contributed by atoms with Crippen LogP contribution in [0.15, 0.2) is 42.6 Å². The van der Waals surface area contributed by atoms with Gasteiger partial charge in [-0.15, -0.1) is 0 Å². The van der Waals surface area contributed by atoms with E-state index in [0.717, 1.165) is 28.0 Å². The Hall–Kier alpha value is -2.20. The highest BCUT2D eigenvalue weighted by molar-refractivity contribution is 5.88. The van der Waals surface area contributed by atoms with Crippen molar-refractivity contribution in [3.05, 3.63) is 54.0 Å². The van der Waals surface area contributed by atoms with Crippen LogP contribution in [0.3, 0.4) is 0 Å². The topological polar surface area (TPSA) is 56.7 Å². The second-order valence-corrected chi connectivity index (χ2v) is 5.20. The summed E-state index contributed by atoms with van der Waals surface area (Å²) in [6.07, 6.45) is 1.96. The summed E-state index contributed by atoms with van der Waals surface area (Å²) in [5.74, 6) is 1.25. The molecule has 0 bridgehead atoms. The average Bonchev–Trinajstić information content (AvgIpc) is 2.96. The standard InChI is InChI=1S/C16H18N4/c1-11(2)15-7-8-20(19-15)16-14-6-4-3-5-12(14)9-13(10-17)18-16/h3-9,11H,10,17H2,1-2H3. The van der Waals surface area contributed by atoms with Crippen LogP contribution in [0.4, 0.5) is 0 Å². The van der Waals surface area contributed by atoms with E-state index >= 15 is 0 Å². The van der Waals surface area contributed by atoms with Gasteiger partial charge in [-0.2, -0.15) is 5.10 Å². The SMILES string of the molecule is CC(C)c1ccn(-c2nc(CN)cc3ccccc23)n1. The highest BCUT2D eigenvalue weighted by Crippen LogP contribution is 2.22. The zero-order valence-electron chi connectivity index (χ0n) is 11.7. The van der Waals surface area contributed by atoms with Gasteiger partial charge in [0, 0.05) is 18.1 Å². The van der Waals surface area contributed by atoms with Crippen molar-refractivity contribution in [3.8, 4) is 5.82 Å². The number of hydrogen-bond donors (Lipinski definition) is 1. The van der Waals surface area contributed by atoms with Gasteiger partial charge in [0.2, 0.25) is 0 Å². The molecule has 1 aromatic carbocycles. The largest absolute Gasteiger partial charge is 0.325 e. The molecule has 4 heteroatoms. The Morgan fingerprint density at radius 1 is 1.20 bits per heavy atom.